The van der Waals surface area contributed by atoms with Gasteiger partial charge in [0.15, 0.2) is 0 Å². The van der Waals surface area contributed by atoms with Gasteiger partial charge in [-0.05, 0) is 50.3 Å². The summed E-state index contributed by atoms with van der Waals surface area (Å²) in [6.07, 6.45) is 7.58. The van der Waals surface area contributed by atoms with Crippen molar-refractivity contribution in [2.75, 3.05) is 13.2 Å². The van der Waals surface area contributed by atoms with Crippen LogP contribution in [0.4, 0.5) is 0 Å². The van der Waals surface area contributed by atoms with E-state index >= 15 is 0 Å². The van der Waals surface area contributed by atoms with Crippen molar-refractivity contribution in [1.29, 1.82) is 0 Å². The van der Waals surface area contributed by atoms with E-state index in [1.807, 2.05) is 11.3 Å². The lowest BCUT2D eigenvalue weighted by Gasteiger charge is -2.37. The van der Waals surface area contributed by atoms with Crippen LogP contribution in [-0.4, -0.2) is 34.2 Å². The molecule has 0 spiro atoms. The average Bonchev–Trinajstić information content (AvgIpc) is 3.19. The predicted octanol–water partition coefficient (Wildman–Crippen LogP) is 3.60. The van der Waals surface area contributed by atoms with Gasteiger partial charge >= 0.3 is 0 Å². The third-order valence-electron chi connectivity index (χ3n) is 4.86. The van der Waals surface area contributed by atoms with Gasteiger partial charge in [-0.1, -0.05) is 6.92 Å². The zero-order chi connectivity index (χ0) is 16.2. The van der Waals surface area contributed by atoms with Gasteiger partial charge in [0.1, 0.15) is 6.26 Å². The minimum Gasteiger partial charge on any atom is -0.448 e. The fourth-order valence-corrected chi connectivity index (χ4v) is 4.74. The largest absolute Gasteiger partial charge is 0.448 e. The molecule has 0 radical (unpaired) electrons. The Bertz CT molecular complexity index is 609. The van der Waals surface area contributed by atoms with Gasteiger partial charge in [-0.25, -0.2) is 4.98 Å². The quantitative estimate of drug-likeness (QED) is 0.877. The lowest BCUT2D eigenvalue weighted by molar-refractivity contribution is 0.126. The van der Waals surface area contributed by atoms with Gasteiger partial charge in [-0.15, -0.1) is 11.3 Å². The number of hydrogen-bond acceptors (Lipinski definition) is 5. The molecule has 126 valence electrons. The molecule has 3 rings (SSSR count). The molecule has 1 saturated heterocycles. The molecule has 0 aliphatic carbocycles. The molecule has 2 unspecified atom stereocenters. The minimum atomic E-state index is 0.245. The molecule has 5 heteroatoms. The Morgan fingerprint density at radius 2 is 2.35 bits per heavy atom. The summed E-state index contributed by atoms with van der Waals surface area (Å²) in [6.45, 7) is 6.63. The second-order valence-corrected chi connectivity index (χ2v) is 7.61. The van der Waals surface area contributed by atoms with Crippen molar-refractivity contribution in [2.24, 2.45) is 0 Å². The van der Waals surface area contributed by atoms with Crippen LogP contribution in [0.2, 0.25) is 0 Å². The van der Waals surface area contributed by atoms with Crippen LogP contribution in [0.25, 0.3) is 0 Å². The van der Waals surface area contributed by atoms with E-state index < -0.39 is 0 Å². The number of piperidine rings is 1. The SMILES string of the molecule is CCc1cc(C2CCN(Cc3ncco3)C(C)C2)c(CCO)s1. The number of aliphatic hydroxyl groups excluding tert-OH is 1. The first-order valence-corrected chi connectivity index (χ1v) is 9.37. The molecule has 2 aromatic heterocycles. The Morgan fingerprint density at radius 1 is 1.48 bits per heavy atom. The van der Waals surface area contributed by atoms with Crippen LogP contribution in [0.3, 0.4) is 0 Å². The Morgan fingerprint density at radius 3 is 3.00 bits per heavy atom. The van der Waals surface area contributed by atoms with Crippen molar-refractivity contribution >= 4 is 11.3 Å². The van der Waals surface area contributed by atoms with Gasteiger partial charge < -0.3 is 9.52 Å². The second-order valence-electron chi connectivity index (χ2n) is 6.39. The highest BCUT2D eigenvalue weighted by molar-refractivity contribution is 7.12. The molecule has 0 bridgehead atoms. The van der Waals surface area contributed by atoms with Crippen LogP contribution in [0.5, 0.6) is 0 Å². The lowest BCUT2D eigenvalue weighted by Crippen LogP contribution is -2.39. The van der Waals surface area contributed by atoms with Crippen LogP contribution in [0.15, 0.2) is 22.9 Å². The van der Waals surface area contributed by atoms with Gasteiger partial charge in [-0.2, -0.15) is 0 Å². The summed E-state index contributed by atoms with van der Waals surface area (Å²) < 4.78 is 5.39. The molecule has 0 aromatic carbocycles. The number of thiophene rings is 1. The molecule has 0 saturated carbocycles. The summed E-state index contributed by atoms with van der Waals surface area (Å²) in [5, 5.41) is 9.34. The number of likely N-dealkylation sites (tertiary alicyclic amines) is 1. The maximum atomic E-state index is 9.34. The zero-order valence-corrected chi connectivity index (χ0v) is 14.8. The van der Waals surface area contributed by atoms with E-state index in [0.29, 0.717) is 12.0 Å². The summed E-state index contributed by atoms with van der Waals surface area (Å²) in [5.41, 5.74) is 1.49. The molecule has 1 fully saturated rings. The van der Waals surface area contributed by atoms with Gasteiger partial charge in [0.25, 0.3) is 0 Å². The van der Waals surface area contributed by atoms with Gasteiger partial charge in [0.05, 0.1) is 12.7 Å². The van der Waals surface area contributed by atoms with Crippen LogP contribution in [0, 0.1) is 0 Å². The van der Waals surface area contributed by atoms with E-state index in [2.05, 4.69) is 29.8 Å². The summed E-state index contributed by atoms with van der Waals surface area (Å²) >= 11 is 1.88. The van der Waals surface area contributed by atoms with E-state index in [-0.39, 0.29) is 6.61 Å². The van der Waals surface area contributed by atoms with Crippen molar-refractivity contribution < 1.29 is 9.52 Å². The average molecular weight is 334 g/mol. The number of hydrogen-bond donors (Lipinski definition) is 1. The molecule has 23 heavy (non-hydrogen) atoms. The maximum Gasteiger partial charge on any atom is 0.208 e. The second kappa shape index (κ2) is 7.60. The number of oxazole rings is 1. The third kappa shape index (κ3) is 3.84. The Labute approximate surface area is 142 Å². The van der Waals surface area contributed by atoms with Crippen LogP contribution < -0.4 is 0 Å². The summed E-state index contributed by atoms with van der Waals surface area (Å²) in [6, 6.07) is 2.91. The highest BCUT2D eigenvalue weighted by atomic mass is 32.1. The van der Waals surface area contributed by atoms with Crippen molar-refractivity contribution in [3.05, 3.63) is 39.7 Å². The van der Waals surface area contributed by atoms with Crippen LogP contribution in [0.1, 0.15) is 53.8 Å². The van der Waals surface area contributed by atoms with Crippen LogP contribution in [-0.2, 0) is 19.4 Å². The summed E-state index contributed by atoms with van der Waals surface area (Å²) in [7, 11) is 0. The zero-order valence-electron chi connectivity index (χ0n) is 14.0. The van der Waals surface area contributed by atoms with Gasteiger partial charge in [0, 0.05) is 28.8 Å². The molecule has 1 N–H and O–H groups in total. The highest BCUT2D eigenvalue weighted by Gasteiger charge is 2.29. The topological polar surface area (TPSA) is 49.5 Å². The maximum absolute atomic E-state index is 9.34. The number of aliphatic hydroxyl groups is 1. The molecular weight excluding hydrogens is 308 g/mol. The molecule has 0 amide bonds. The first kappa shape index (κ1) is 16.7. The number of nitrogens with zero attached hydrogens (tertiary/aromatic N) is 2. The highest BCUT2D eigenvalue weighted by Crippen LogP contribution is 2.37. The Balaban J connectivity index is 1.68. The standard InChI is InChI=1S/C18H26N2O2S/c1-3-15-11-16(17(23-15)5-8-21)14-4-7-20(13(2)10-14)12-18-19-6-9-22-18/h6,9,11,13-14,21H,3-5,7-8,10,12H2,1-2H3. The first-order valence-electron chi connectivity index (χ1n) is 8.56. The van der Waals surface area contributed by atoms with Gasteiger partial charge in [0.2, 0.25) is 5.89 Å². The lowest BCUT2D eigenvalue weighted by atomic mass is 9.85. The first-order chi connectivity index (χ1) is 11.2. The van der Waals surface area contributed by atoms with E-state index in [1.54, 1.807) is 12.5 Å². The monoisotopic (exact) mass is 334 g/mol. The smallest absolute Gasteiger partial charge is 0.208 e. The normalized spacial score (nSPS) is 22.6. The predicted molar refractivity (Wildman–Crippen MR) is 92.8 cm³/mol. The fourth-order valence-electron chi connectivity index (χ4n) is 3.56. The molecular formula is C18H26N2O2S. The Hall–Kier alpha value is -1.17. The minimum absolute atomic E-state index is 0.245. The van der Waals surface area contributed by atoms with Crippen molar-refractivity contribution in [1.82, 2.24) is 9.88 Å². The molecule has 2 aromatic rings. The van der Waals surface area contributed by atoms with E-state index in [4.69, 9.17) is 4.42 Å². The Kier molecular flexibility index (Phi) is 5.51. The molecule has 2 atom stereocenters. The van der Waals surface area contributed by atoms with Crippen molar-refractivity contribution in [2.45, 2.75) is 58.0 Å². The third-order valence-corrected chi connectivity index (χ3v) is 6.21. The number of aryl methyl sites for hydroxylation is 1. The number of rotatable bonds is 6. The molecule has 1 aliphatic heterocycles. The van der Waals surface area contributed by atoms with Gasteiger partial charge in [-0.3, -0.25) is 4.90 Å². The van der Waals surface area contributed by atoms with Crippen molar-refractivity contribution in [3.63, 3.8) is 0 Å². The van der Waals surface area contributed by atoms with Crippen molar-refractivity contribution in [3.8, 4) is 0 Å². The summed E-state index contributed by atoms with van der Waals surface area (Å²) in [4.78, 5) is 9.53. The molecule has 1 aliphatic rings. The fraction of sp³-hybridized carbons (Fsp3) is 0.611. The molecule has 4 nitrogen and oxygen atoms in total. The van der Waals surface area contributed by atoms with E-state index in [9.17, 15) is 5.11 Å². The van der Waals surface area contributed by atoms with E-state index in [0.717, 1.165) is 31.8 Å². The molecule has 3 heterocycles. The van der Waals surface area contributed by atoms with Crippen LogP contribution >= 0.6 is 11.3 Å². The number of aromatic nitrogens is 1. The summed E-state index contributed by atoms with van der Waals surface area (Å²) in [5.74, 6) is 1.42. The van der Waals surface area contributed by atoms with E-state index in [1.165, 1.54) is 28.2 Å².